The van der Waals surface area contributed by atoms with Crippen LogP contribution in [-0.4, -0.2) is 72.4 Å². The zero-order valence-corrected chi connectivity index (χ0v) is 16.0. The molecule has 2 rings (SSSR count). The number of carbonyl (C=O) groups excluding carboxylic acids is 1. The third-order valence-corrected chi connectivity index (χ3v) is 6.40. The Morgan fingerprint density at radius 3 is 2.46 bits per heavy atom. The summed E-state index contributed by atoms with van der Waals surface area (Å²) in [5.41, 5.74) is 5.87. The quantitative estimate of drug-likeness (QED) is 0.492. The Kier molecular flexibility index (Phi) is 6.61. The van der Waals surface area contributed by atoms with Crippen molar-refractivity contribution in [3.8, 4) is 0 Å². The molecular formula is C12H23N3O9S2. The minimum absolute atomic E-state index is 0.0678. The summed E-state index contributed by atoms with van der Waals surface area (Å²) in [5, 5.41) is 2.44. The number of hydrogen-bond donors (Lipinski definition) is 2. The minimum Gasteiger partial charge on any atom is -0.377 e. The number of ether oxygens (including phenoxy) is 1. The summed E-state index contributed by atoms with van der Waals surface area (Å²) in [5.74, 6) is -4.51. The van der Waals surface area contributed by atoms with E-state index in [4.69, 9.17) is 10.5 Å². The fraction of sp³-hybridized carbons (Fsp3) is 0.917. The summed E-state index contributed by atoms with van der Waals surface area (Å²) in [6.45, 7) is 4.88. The number of nitrogens with two attached hydrogens (primary N) is 1. The fourth-order valence-corrected chi connectivity index (χ4v) is 4.79. The topological polar surface area (TPSA) is 164 Å². The average molecular weight is 417 g/mol. The van der Waals surface area contributed by atoms with Crippen LogP contribution in [0.3, 0.4) is 0 Å². The number of nitrogens with zero attached hydrogens (tertiary/aromatic N) is 1. The Hall–Kier alpha value is -0.870. The fourth-order valence-electron chi connectivity index (χ4n) is 2.55. The van der Waals surface area contributed by atoms with Gasteiger partial charge in [0, 0.05) is 25.6 Å². The normalized spacial score (nSPS) is 29.0. The molecule has 2 aliphatic heterocycles. The molecule has 0 spiro atoms. The highest BCUT2D eigenvalue weighted by Gasteiger charge is 2.58. The van der Waals surface area contributed by atoms with Crippen molar-refractivity contribution in [3.05, 3.63) is 0 Å². The second-order valence-electron chi connectivity index (χ2n) is 5.96. The zero-order valence-electron chi connectivity index (χ0n) is 14.4. The largest absolute Gasteiger partial charge is 0.419 e. The van der Waals surface area contributed by atoms with Gasteiger partial charge in [0.25, 0.3) is 11.7 Å². The molecule has 2 atom stereocenters. The number of rotatable bonds is 6. The standard InChI is InChI=1S/C12H23N3O9S2/c1-3-9(2)12(22-25(17,18)24-26(19,20)23-12)11(16)14-4-5-15-6-7-21-8-10(15)13/h9-10H,3-8,13H2,1-2H3,(H,14,16). The molecule has 2 fully saturated rings. The van der Waals surface area contributed by atoms with Gasteiger partial charge in [0.2, 0.25) is 0 Å². The predicted molar refractivity (Wildman–Crippen MR) is 86.7 cm³/mol. The lowest BCUT2D eigenvalue weighted by Gasteiger charge is -2.37. The van der Waals surface area contributed by atoms with Gasteiger partial charge in [0.15, 0.2) is 0 Å². The van der Waals surface area contributed by atoms with Crippen LogP contribution in [0, 0.1) is 5.92 Å². The van der Waals surface area contributed by atoms with Crippen LogP contribution in [0.4, 0.5) is 0 Å². The van der Waals surface area contributed by atoms with Gasteiger partial charge < -0.3 is 15.8 Å². The van der Waals surface area contributed by atoms with Gasteiger partial charge in [-0.25, -0.2) is 8.37 Å². The third kappa shape index (κ3) is 4.89. The van der Waals surface area contributed by atoms with Gasteiger partial charge in [-0.1, -0.05) is 13.8 Å². The molecule has 0 saturated carbocycles. The smallest absolute Gasteiger partial charge is 0.377 e. The van der Waals surface area contributed by atoms with E-state index in [0.29, 0.717) is 26.3 Å². The van der Waals surface area contributed by atoms with E-state index in [2.05, 4.69) is 17.3 Å². The molecule has 2 saturated heterocycles. The van der Waals surface area contributed by atoms with E-state index in [1.807, 2.05) is 4.90 Å². The number of amides is 1. The second-order valence-corrected chi connectivity index (χ2v) is 8.47. The van der Waals surface area contributed by atoms with E-state index in [-0.39, 0.29) is 19.1 Å². The Bertz CT molecular complexity index is 690. The summed E-state index contributed by atoms with van der Waals surface area (Å²) in [6, 6.07) is 0. The molecule has 2 unspecified atom stereocenters. The molecule has 0 aromatic rings. The first kappa shape index (κ1) is 21.4. The molecular weight excluding hydrogens is 394 g/mol. The van der Waals surface area contributed by atoms with Crippen molar-refractivity contribution >= 4 is 26.7 Å². The second kappa shape index (κ2) is 8.02. The monoisotopic (exact) mass is 417 g/mol. The first-order valence-electron chi connectivity index (χ1n) is 7.99. The molecule has 0 radical (unpaired) electrons. The van der Waals surface area contributed by atoms with Gasteiger partial charge in [-0.05, 0) is 6.42 Å². The lowest BCUT2D eigenvalue weighted by molar-refractivity contribution is -0.187. The Labute approximate surface area is 152 Å². The summed E-state index contributed by atoms with van der Waals surface area (Å²) in [6.07, 6.45) is -0.132. The molecule has 2 heterocycles. The van der Waals surface area contributed by atoms with E-state index < -0.39 is 38.4 Å². The molecule has 14 heteroatoms. The van der Waals surface area contributed by atoms with E-state index in [1.165, 1.54) is 6.92 Å². The first-order valence-corrected chi connectivity index (χ1v) is 10.7. The van der Waals surface area contributed by atoms with Crippen LogP contribution in [-0.2, 0) is 42.3 Å². The maximum absolute atomic E-state index is 12.6. The van der Waals surface area contributed by atoms with Crippen LogP contribution in [0.1, 0.15) is 20.3 Å². The maximum atomic E-state index is 12.6. The summed E-state index contributed by atoms with van der Waals surface area (Å²) in [4.78, 5) is 14.5. The van der Waals surface area contributed by atoms with Crippen LogP contribution < -0.4 is 11.1 Å². The van der Waals surface area contributed by atoms with Crippen molar-refractivity contribution < 1.29 is 38.4 Å². The maximum Gasteiger partial charge on any atom is 0.419 e. The summed E-state index contributed by atoms with van der Waals surface area (Å²) in [7, 11) is -9.95. The molecule has 26 heavy (non-hydrogen) atoms. The molecule has 2 aliphatic rings. The van der Waals surface area contributed by atoms with Crippen LogP contribution in [0.25, 0.3) is 0 Å². The molecule has 0 aliphatic carbocycles. The van der Waals surface area contributed by atoms with Gasteiger partial charge in [-0.15, -0.1) is 3.63 Å². The number of nitrogens with one attached hydrogen (secondary N) is 1. The van der Waals surface area contributed by atoms with Crippen molar-refractivity contribution in [2.75, 3.05) is 32.8 Å². The molecule has 0 aromatic carbocycles. The third-order valence-electron chi connectivity index (χ3n) is 4.16. The number of morpholine rings is 1. The molecule has 152 valence electrons. The van der Waals surface area contributed by atoms with E-state index in [9.17, 15) is 21.6 Å². The molecule has 1 amide bonds. The van der Waals surface area contributed by atoms with E-state index in [1.54, 1.807) is 6.92 Å². The highest BCUT2D eigenvalue weighted by Crippen LogP contribution is 2.35. The van der Waals surface area contributed by atoms with Crippen molar-refractivity contribution in [1.82, 2.24) is 10.2 Å². The van der Waals surface area contributed by atoms with Crippen LogP contribution in [0.5, 0.6) is 0 Å². The van der Waals surface area contributed by atoms with E-state index in [0.717, 1.165) is 0 Å². The van der Waals surface area contributed by atoms with Crippen molar-refractivity contribution in [2.45, 2.75) is 32.2 Å². The van der Waals surface area contributed by atoms with Crippen molar-refractivity contribution in [2.24, 2.45) is 11.7 Å². The average Bonchev–Trinajstić information content (AvgIpc) is 2.52. The summed E-state index contributed by atoms with van der Waals surface area (Å²) >= 11 is 0. The Balaban J connectivity index is 2.12. The lowest BCUT2D eigenvalue weighted by Crippen LogP contribution is -2.60. The SMILES string of the molecule is CCC(C)C1(C(=O)NCCN2CCOCC2N)OS(=O)(=O)OS(=O)(=O)O1. The van der Waals surface area contributed by atoms with Gasteiger partial charge in [-0.3, -0.25) is 9.69 Å². The Morgan fingerprint density at radius 2 is 1.92 bits per heavy atom. The Morgan fingerprint density at radius 1 is 1.31 bits per heavy atom. The predicted octanol–water partition coefficient (Wildman–Crippen LogP) is -1.98. The van der Waals surface area contributed by atoms with Gasteiger partial charge in [0.1, 0.15) is 0 Å². The van der Waals surface area contributed by atoms with Crippen LogP contribution >= 0.6 is 0 Å². The first-order chi connectivity index (χ1) is 12.0. The molecule has 0 aromatic heterocycles. The number of carbonyl (C=O) groups is 1. The number of hydrogen-bond acceptors (Lipinski definition) is 11. The highest BCUT2D eigenvalue weighted by molar-refractivity contribution is 7.95. The van der Waals surface area contributed by atoms with Gasteiger partial charge in [0.05, 0.1) is 19.4 Å². The van der Waals surface area contributed by atoms with Gasteiger partial charge in [-0.2, -0.15) is 16.8 Å². The minimum atomic E-state index is -4.97. The van der Waals surface area contributed by atoms with Gasteiger partial charge >= 0.3 is 20.8 Å². The summed E-state index contributed by atoms with van der Waals surface area (Å²) < 4.78 is 64.9. The zero-order chi connectivity index (χ0) is 19.6. The van der Waals surface area contributed by atoms with E-state index >= 15 is 0 Å². The lowest BCUT2D eigenvalue weighted by atomic mass is 9.97. The van der Waals surface area contributed by atoms with Crippen molar-refractivity contribution in [1.29, 1.82) is 0 Å². The highest BCUT2D eigenvalue weighted by atomic mass is 32.3. The van der Waals surface area contributed by atoms with Crippen LogP contribution in [0.2, 0.25) is 0 Å². The molecule has 0 bridgehead atoms. The molecule has 3 N–H and O–H groups in total. The molecule has 12 nitrogen and oxygen atoms in total. The van der Waals surface area contributed by atoms with Crippen molar-refractivity contribution in [3.63, 3.8) is 0 Å². The van der Waals surface area contributed by atoms with Crippen LogP contribution in [0.15, 0.2) is 0 Å².